The number of anilines is 1. The van der Waals surface area contributed by atoms with E-state index in [1.807, 2.05) is 6.92 Å². The molecule has 0 saturated carbocycles. The van der Waals surface area contributed by atoms with Crippen molar-refractivity contribution >= 4 is 11.5 Å². The predicted octanol–water partition coefficient (Wildman–Crippen LogP) is 3.61. The van der Waals surface area contributed by atoms with Crippen molar-refractivity contribution in [2.45, 2.75) is 45.1 Å². The van der Waals surface area contributed by atoms with Crippen molar-refractivity contribution in [2.75, 3.05) is 19.6 Å². The molecule has 0 radical (unpaired) electrons. The Hall–Kier alpha value is -2.08. The van der Waals surface area contributed by atoms with Gasteiger partial charge in [-0.25, -0.2) is 4.39 Å². The lowest BCUT2D eigenvalue weighted by Gasteiger charge is -2.38. The number of allylic oxidation sites excluding steroid dienone is 1. The van der Waals surface area contributed by atoms with Crippen LogP contribution in [0.3, 0.4) is 0 Å². The third kappa shape index (κ3) is 3.18. The van der Waals surface area contributed by atoms with Crippen molar-refractivity contribution in [1.82, 2.24) is 0 Å². The molecule has 1 aromatic rings. The van der Waals surface area contributed by atoms with Gasteiger partial charge >= 0.3 is 0 Å². The number of benzene rings is 1. The van der Waals surface area contributed by atoms with Crippen molar-refractivity contribution < 1.29 is 23.4 Å². The fourth-order valence-electron chi connectivity index (χ4n) is 4.05. The van der Waals surface area contributed by atoms with Gasteiger partial charge in [0.15, 0.2) is 12.6 Å². The zero-order valence-corrected chi connectivity index (χ0v) is 15.5. The first kappa shape index (κ1) is 18.7. The molecule has 1 unspecified atom stereocenters. The quantitative estimate of drug-likeness (QED) is 0.782. The van der Waals surface area contributed by atoms with Gasteiger partial charge in [-0.15, -0.1) is 0 Å². The summed E-state index contributed by atoms with van der Waals surface area (Å²) in [5, 5.41) is 0. The smallest absolute Gasteiger partial charge is 0.189 e. The minimum absolute atomic E-state index is 0.0778. The molecular formula is C20H26FNO4. The number of carbonyl (C=O) groups is 1. The van der Waals surface area contributed by atoms with Gasteiger partial charge < -0.3 is 19.9 Å². The van der Waals surface area contributed by atoms with Gasteiger partial charge in [-0.1, -0.05) is 20.3 Å². The fraction of sp³-hybridized carbons (Fsp3) is 0.550. The molecule has 0 amide bonds. The van der Waals surface area contributed by atoms with E-state index in [9.17, 15) is 9.18 Å². The van der Waals surface area contributed by atoms with E-state index < -0.39 is 5.60 Å². The van der Waals surface area contributed by atoms with Crippen LogP contribution in [-0.2, 0) is 20.7 Å². The number of ether oxygens (including phenoxy) is 3. The summed E-state index contributed by atoms with van der Waals surface area (Å²) in [6.07, 6.45) is 4.30. The zero-order chi connectivity index (χ0) is 18.9. The number of halogens is 1. The van der Waals surface area contributed by atoms with Crippen LogP contribution in [0.1, 0.15) is 38.7 Å². The van der Waals surface area contributed by atoms with Gasteiger partial charge in [-0.3, -0.25) is 4.79 Å². The number of ketones is 1. The number of hydrogen-bond acceptors (Lipinski definition) is 5. The number of carbonyl (C=O) groups excluding carboxylic acids is 1. The molecule has 1 aliphatic heterocycles. The Morgan fingerprint density at radius 1 is 1.46 bits per heavy atom. The summed E-state index contributed by atoms with van der Waals surface area (Å²) in [7, 11) is 1.46. The van der Waals surface area contributed by atoms with Crippen LogP contribution in [0.15, 0.2) is 24.0 Å². The summed E-state index contributed by atoms with van der Waals surface area (Å²) in [6.45, 7) is 4.18. The first-order chi connectivity index (χ1) is 12.4. The molecule has 1 fully saturated rings. The SMILES string of the molecule is CCC[C@H]1C[C@]2(C(C)Cc3cc(N)c(OC)cc3F)OCOC2=CC1=O. The molecule has 0 aromatic heterocycles. The second kappa shape index (κ2) is 7.27. The Morgan fingerprint density at radius 2 is 2.23 bits per heavy atom. The highest BCUT2D eigenvalue weighted by Gasteiger charge is 2.51. The molecule has 1 saturated heterocycles. The number of nitrogens with two attached hydrogens (primary N) is 1. The summed E-state index contributed by atoms with van der Waals surface area (Å²) < 4.78 is 31.1. The monoisotopic (exact) mass is 363 g/mol. The molecule has 3 rings (SSSR count). The largest absolute Gasteiger partial charge is 0.494 e. The van der Waals surface area contributed by atoms with Crippen molar-refractivity contribution in [3.63, 3.8) is 0 Å². The molecule has 2 N–H and O–H groups in total. The Bertz CT molecular complexity index is 733. The minimum atomic E-state index is -0.686. The Kier molecular flexibility index (Phi) is 5.23. The highest BCUT2D eigenvalue weighted by molar-refractivity contribution is 5.93. The molecular weight excluding hydrogens is 337 g/mol. The average Bonchev–Trinajstić information content (AvgIpc) is 3.02. The van der Waals surface area contributed by atoms with E-state index in [0.29, 0.717) is 35.6 Å². The first-order valence-corrected chi connectivity index (χ1v) is 9.06. The number of fused-ring (bicyclic) bond motifs is 1. The van der Waals surface area contributed by atoms with Crippen molar-refractivity contribution in [3.05, 3.63) is 35.3 Å². The van der Waals surface area contributed by atoms with E-state index in [0.717, 1.165) is 12.8 Å². The van der Waals surface area contributed by atoms with Gasteiger partial charge in [0.2, 0.25) is 0 Å². The molecule has 2 aliphatic rings. The van der Waals surface area contributed by atoms with Crippen LogP contribution >= 0.6 is 0 Å². The number of nitrogen functional groups attached to an aromatic ring is 1. The van der Waals surface area contributed by atoms with Gasteiger partial charge in [0.05, 0.1) is 12.8 Å². The Balaban J connectivity index is 1.88. The van der Waals surface area contributed by atoms with E-state index in [4.69, 9.17) is 19.9 Å². The molecule has 0 bridgehead atoms. The summed E-state index contributed by atoms with van der Waals surface area (Å²) in [5.41, 5.74) is 6.15. The van der Waals surface area contributed by atoms with Gasteiger partial charge in [0, 0.05) is 18.1 Å². The summed E-state index contributed by atoms with van der Waals surface area (Å²) in [5.74, 6) is 0.467. The standard InChI is InChI=1S/C20H26FNO4/c1-4-5-13-10-20(19(9-17(13)23)25-11-26-20)12(2)6-14-7-16(22)18(24-3)8-15(14)21/h7-9,12-13H,4-6,10-11,22H2,1-3H3/t12?,13-,20+/m0/s1. The molecule has 1 aromatic carbocycles. The maximum Gasteiger partial charge on any atom is 0.189 e. The third-order valence-electron chi connectivity index (χ3n) is 5.53. The third-order valence-corrected chi connectivity index (χ3v) is 5.53. The second-order valence-electron chi connectivity index (χ2n) is 7.19. The Labute approximate surface area is 153 Å². The highest BCUT2D eigenvalue weighted by atomic mass is 19.1. The van der Waals surface area contributed by atoms with Gasteiger partial charge in [-0.05, 0) is 36.8 Å². The summed E-state index contributed by atoms with van der Waals surface area (Å²) in [6, 6.07) is 2.92. The van der Waals surface area contributed by atoms with E-state index >= 15 is 0 Å². The van der Waals surface area contributed by atoms with Gasteiger partial charge in [-0.2, -0.15) is 0 Å². The van der Waals surface area contributed by atoms with E-state index in [1.54, 1.807) is 12.1 Å². The topological polar surface area (TPSA) is 70.8 Å². The van der Waals surface area contributed by atoms with Crippen molar-refractivity contribution in [1.29, 1.82) is 0 Å². The van der Waals surface area contributed by atoms with E-state index in [2.05, 4.69) is 6.92 Å². The fourth-order valence-corrected chi connectivity index (χ4v) is 4.05. The Morgan fingerprint density at radius 3 is 2.92 bits per heavy atom. The minimum Gasteiger partial charge on any atom is -0.494 e. The van der Waals surface area contributed by atoms with Gasteiger partial charge in [0.1, 0.15) is 22.9 Å². The predicted molar refractivity (Wildman–Crippen MR) is 96.1 cm³/mol. The molecule has 0 spiro atoms. The zero-order valence-electron chi connectivity index (χ0n) is 15.5. The maximum atomic E-state index is 14.5. The van der Waals surface area contributed by atoms with Gasteiger partial charge in [0.25, 0.3) is 0 Å². The highest BCUT2D eigenvalue weighted by Crippen LogP contribution is 2.46. The molecule has 26 heavy (non-hydrogen) atoms. The molecule has 1 heterocycles. The van der Waals surface area contributed by atoms with Crippen LogP contribution in [0.5, 0.6) is 5.75 Å². The number of hydrogen-bond donors (Lipinski definition) is 1. The van der Waals surface area contributed by atoms with E-state index in [1.165, 1.54) is 13.2 Å². The van der Waals surface area contributed by atoms with Crippen LogP contribution < -0.4 is 10.5 Å². The lowest BCUT2D eigenvalue weighted by Crippen LogP contribution is -2.45. The van der Waals surface area contributed by atoms with Crippen LogP contribution in [0.25, 0.3) is 0 Å². The second-order valence-corrected chi connectivity index (χ2v) is 7.19. The van der Waals surface area contributed by atoms with Crippen molar-refractivity contribution in [3.8, 4) is 5.75 Å². The maximum absolute atomic E-state index is 14.5. The average molecular weight is 363 g/mol. The van der Waals surface area contributed by atoms with E-state index in [-0.39, 0.29) is 30.2 Å². The van der Waals surface area contributed by atoms with Crippen molar-refractivity contribution in [2.24, 2.45) is 11.8 Å². The molecule has 1 aliphatic carbocycles. The molecule has 5 nitrogen and oxygen atoms in total. The first-order valence-electron chi connectivity index (χ1n) is 9.06. The molecule has 6 heteroatoms. The van der Waals surface area contributed by atoms with Crippen LogP contribution in [0.2, 0.25) is 0 Å². The number of methoxy groups -OCH3 is 1. The summed E-state index contributed by atoms with van der Waals surface area (Å²) >= 11 is 0. The van der Waals surface area contributed by atoms with Crippen LogP contribution in [0, 0.1) is 17.7 Å². The number of rotatable bonds is 6. The normalized spacial score (nSPS) is 26.1. The van der Waals surface area contributed by atoms with Crippen LogP contribution in [-0.4, -0.2) is 25.3 Å². The lowest BCUT2D eigenvalue weighted by atomic mass is 9.71. The van der Waals surface area contributed by atoms with Crippen LogP contribution in [0.4, 0.5) is 10.1 Å². The molecule has 142 valence electrons. The lowest BCUT2D eigenvalue weighted by molar-refractivity contribution is -0.123. The molecule has 3 atom stereocenters. The summed E-state index contributed by atoms with van der Waals surface area (Å²) in [4.78, 5) is 12.3.